The van der Waals surface area contributed by atoms with Crippen molar-refractivity contribution < 1.29 is 19.9 Å². The van der Waals surface area contributed by atoms with Gasteiger partial charge >= 0.3 is 5.97 Å². The number of nitrogens with one attached hydrogen (secondary N) is 1. The van der Waals surface area contributed by atoms with Gasteiger partial charge in [-0.2, -0.15) is 0 Å². The third-order valence-corrected chi connectivity index (χ3v) is 3.88. The van der Waals surface area contributed by atoms with Gasteiger partial charge < -0.3 is 15.5 Å². The van der Waals surface area contributed by atoms with Crippen LogP contribution < -0.4 is 5.32 Å². The van der Waals surface area contributed by atoms with Crippen molar-refractivity contribution in [1.82, 2.24) is 0 Å². The number of aromatic carboxylic acids is 1. The molecule has 3 N–H and O–H groups in total. The number of aliphatic hydroxyl groups excluding tert-OH is 1. The number of anilines is 1. The Morgan fingerprint density at radius 2 is 2.10 bits per heavy atom. The maximum absolute atomic E-state index is 11.2. The second kappa shape index (κ2) is 6.53. The van der Waals surface area contributed by atoms with Gasteiger partial charge in [0.25, 0.3) is 5.69 Å². The van der Waals surface area contributed by atoms with Crippen LogP contribution in [0.1, 0.15) is 36.0 Å². The topological polar surface area (TPSA) is 113 Å². The zero-order valence-corrected chi connectivity index (χ0v) is 11.5. The first kappa shape index (κ1) is 15.2. The molecule has 0 amide bonds. The van der Waals surface area contributed by atoms with Crippen LogP contribution in [0, 0.1) is 16.0 Å². The Morgan fingerprint density at radius 3 is 2.71 bits per heavy atom. The Kier molecular flexibility index (Phi) is 4.74. The van der Waals surface area contributed by atoms with E-state index >= 15 is 0 Å². The van der Waals surface area contributed by atoms with Crippen LogP contribution in [0.25, 0.3) is 0 Å². The van der Waals surface area contributed by atoms with Crippen LogP contribution in [-0.4, -0.2) is 33.8 Å². The number of nitro benzene ring substituents is 1. The lowest BCUT2D eigenvalue weighted by molar-refractivity contribution is -0.384. The normalized spacial score (nSPS) is 21.8. The maximum Gasteiger partial charge on any atom is 0.338 e. The number of para-hydroxylation sites is 1. The van der Waals surface area contributed by atoms with E-state index in [2.05, 4.69) is 5.32 Å². The molecule has 2 unspecified atom stereocenters. The molecular weight excluding hydrogens is 276 g/mol. The van der Waals surface area contributed by atoms with Gasteiger partial charge in [-0.25, -0.2) is 4.79 Å². The van der Waals surface area contributed by atoms with Crippen LogP contribution in [0.4, 0.5) is 11.4 Å². The molecule has 1 aromatic carbocycles. The summed E-state index contributed by atoms with van der Waals surface area (Å²) in [6.45, 7) is 0.326. The van der Waals surface area contributed by atoms with E-state index in [0.29, 0.717) is 6.54 Å². The molecule has 7 heteroatoms. The number of carboxylic acids is 1. The van der Waals surface area contributed by atoms with E-state index in [-0.39, 0.29) is 22.9 Å². The van der Waals surface area contributed by atoms with Crippen LogP contribution >= 0.6 is 0 Å². The van der Waals surface area contributed by atoms with Gasteiger partial charge in [0, 0.05) is 18.5 Å². The number of nitrogens with zero attached hydrogens (tertiary/aromatic N) is 1. The second-order valence-corrected chi connectivity index (χ2v) is 5.25. The minimum absolute atomic E-state index is 0.00720. The van der Waals surface area contributed by atoms with Crippen LogP contribution in [0.15, 0.2) is 18.2 Å². The van der Waals surface area contributed by atoms with Crippen molar-refractivity contribution in [3.8, 4) is 0 Å². The summed E-state index contributed by atoms with van der Waals surface area (Å²) in [5, 5.41) is 33.0. The molecule has 0 bridgehead atoms. The second-order valence-electron chi connectivity index (χ2n) is 5.25. The first-order valence-corrected chi connectivity index (χ1v) is 6.93. The fraction of sp³-hybridized carbons (Fsp3) is 0.500. The molecule has 0 saturated heterocycles. The van der Waals surface area contributed by atoms with Gasteiger partial charge in [0.1, 0.15) is 5.69 Å². The Balaban J connectivity index is 2.21. The van der Waals surface area contributed by atoms with Gasteiger partial charge in [0.05, 0.1) is 16.6 Å². The molecule has 1 saturated carbocycles. The Labute approximate surface area is 121 Å². The summed E-state index contributed by atoms with van der Waals surface area (Å²) < 4.78 is 0. The number of hydrogen-bond acceptors (Lipinski definition) is 5. The van der Waals surface area contributed by atoms with Crippen molar-refractivity contribution in [2.24, 2.45) is 5.92 Å². The standard InChI is InChI=1S/C14H18N2O5/c17-12-7-2-1-4-9(12)8-15-13-10(14(18)19)5-3-6-11(13)16(20)21/h3,5-6,9,12,15,17H,1-2,4,7-8H2,(H,18,19). The highest BCUT2D eigenvalue weighted by Gasteiger charge is 2.26. The molecule has 0 radical (unpaired) electrons. The van der Waals surface area contributed by atoms with Crippen molar-refractivity contribution in [2.75, 3.05) is 11.9 Å². The molecule has 114 valence electrons. The summed E-state index contributed by atoms with van der Waals surface area (Å²) in [6, 6.07) is 3.95. The van der Waals surface area contributed by atoms with E-state index in [1.54, 1.807) is 0 Å². The fourth-order valence-corrected chi connectivity index (χ4v) is 2.72. The number of benzene rings is 1. The highest BCUT2D eigenvalue weighted by Crippen LogP contribution is 2.30. The largest absolute Gasteiger partial charge is 0.478 e. The molecule has 2 rings (SSSR count). The van der Waals surface area contributed by atoms with Crippen molar-refractivity contribution in [3.05, 3.63) is 33.9 Å². The van der Waals surface area contributed by atoms with Crippen LogP contribution in [0.3, 0.4) is 0 Å². The molecule has 1 aliphatic carbocycles. The number of hydrogen-bond donors (Lipinski definition) is 3. The zero-order chi connectivity index (χ0) is 15.4. The lowest BCUT2D eigenvalue weighted by Gasteiger charge is -2.28. The van der Waals surface area contributed by atoms with E-state index in [4.69, 9.17) is 5.11 Å². The molecule has 0 heterocycles. The number of carboxylic acid groups (broad SMARTS) is 1. The summed E-state index contributed by atoms with van der Waals surface area (Å²) in [5.74, 6) is -1.23. The Morgan fingerprint density at radius 1 is 1.38 bits per heavy atom. The molecule has 1 fully saturated rings. The predicted octanol–water partition coefficient (Wildman–Crippen LogP) is 2.26. The Hall–Kier alpha value is -2.15. The molecule has 7 nitrogen and oxygen atoms in total. The van der Waals surface area contributed by atoms with Crippen LogP contribution in [-0.2, 0) is 0 Å². The smallest absolute Gasteiger partial charge is 0.338 e. The first-order valence-electron chi connectivity index (χ1n) is 6.93. The first-order chi connectivity index (χ1) is 10.0. The average Bonchev–Trinajstić information content (AvgIpc) is 2.45. The van der Waals surface area contributed by atoms with E-state index in [1.807, 2.05) is 0 Å². The molecule has 0 aliphatic heterocycles. The molecule has 0 spiro atoms. The lowest BCUT2D eigenvalue weighted by atomic mass is 9.86. The lowest BCUT2D eigenvalue weighted by Crippen LogP contribution is -2.30. The van der Waals surface area contributed by atoms with Gasteiger partial charge in [-0.1, -0.05) is 18.9 Å². The van der Waals surface area contributed by atoms with E-state index in [1.165, 1.54) is 18.2 Å². The zero-order valence-electron chi connectivity index (χ0n) is 11.5. The van der Waals surface area contributed by atoms with Crippen molar-refractivity contribution in [2.45, 2.75) is 31.8 Å². The van der Waals surface area contributed by atoms with Gasteiger partial charge in [-0.3, -0.25) is 10.1 Å². The number of nitro groups is 1. The third-order valence-electron chi connectivity index (χ3n) is 3.88. The minimum atomic E-state index is -1.22. The monoisotopic (exact) mass is 294 g/mol. The van der Waals surface area contributed by atoms with Crippen LogP contribution in [0.5, 0.6) is 0 Å². The Bertz CT molecular complexity index is 514. The van der Waals surface area contributed by atoms with Crippen LogP contribution in [0.2, 0.25) is 0 Å². The van der Waals surface area contributed by atoms with Gasteiger partial charge in [0.2, 0.25) is 0 Å². The van der Waals surface area contributed by atoms with Crippen molar-refractivity contribution >= 4 is 17.3 Å². The van der Waals surface area contributed by atoms with Gasteiger partial charge in [0.15, 0.2) is 0 Å². The number of rotatable bonds is 5. The summed E-state index contributed by atoms with van der Waals surface area (Å²) in [7, 11) is 0. The summed E-state index contributed by atoms with van der Waals surface area (Å²) in [5.41, 5.74) is -0.387. The van der Waals surface area contributed by atoms with Gasteiger partial charge in [-0.05, 0) is 18.9 Å². The van der Waals surface area contributed by atoms with E-state index in [0.717, 1.165) is 25.7 Å². The molecule has 1 aromatic rings. The van der Waals surface area contributed by atoms with Crippen molar-refractivity contribution in [3.63, 3.8) is 0 Å². The molecule has 21 heavy (non-hydrogen) atoms. The predicted molar refractivity (Wildman–Crippen MR) is 76.5 cm³/mol. The van der Waals surface area contributed by atoms with Crippen molar-refractivity contribution in [1.29, 1.82) is 0 Å². The quantitative estimate of drug-likeness (QED) is 0.567. The van der Waals surface area contributed by atoms with E-state index in [9.17, 15) is 20.0 Å². The highest BCUT2D eigenvalue weighted by molar-refractivity contribution is 5.96. The molecule has 1 aliphatic rings. The summed E-state index contributed by atoms with van der Waals surface area (Å²) in [4.78, 5) is 21.6. The highest BCUT2D eigenvalue weighted by atomic mass is 16.6. The SMILES string of the molecule is O=C(O)c1cccc([N+](=O)[O-])c1NCC1CCCCC1O. The number of carbonyl (C=O) groups is 1. The summed E-state index contributed by atoms with van der Waals surface area (Å²) in [6.07, 6.45) is 3.09. The van der Waals surface area contributed by atoms with E-state index < -0.39 is 17.0 Å². The third kappa shape index (κ3) is 3.49. The minimum Gasteiger partial charge on any atom is -0.478 e. The summed E-state index contributed by atoms with van der Waals surface area (Å²) >= 11 is 0. The maximum atomic E-state index is 11.2. The molecule has 2 atom stereocenters. The molecule has 0 aromatic heterocycles. The number of aliphatic hydroxyl groups is 1. The van der Waals surface area contributed by atoms with Gasteiger partial charge in [-0.15, -0.1) is 0 Å². The molecular formula is C14H18N2O5. The fourth-order valence-electron chi connectivity index (χ4n) is 2.72. The average molecular weight is 294 g/mol.